The van der Waals surface area contributed by atoms with E-state index in [0.717, 1.165) is 105 Å². The van der Waals surface area contributed by atoms with Crippen molar-refractivity contribution >= 4 is 34.8 Å². The van der Waals surface area contributed by atoms with Gasteiger partial charge in [0.05, 0.1) is 23.3 Å². The third kappa shape index (κ3) is 9.67. The predicted octanol–water partition coefficient (Wildman–Crippen LogP) is 7.99. The number of nitrogens with two attached hydrogens (primary N) is 1. The summed E-state index contributed by atoms with van der Waals surface area (Å²) in [5, 5.41) is 8.17. The van der Waals surface area contributed by atoms with Crippen LogP contribution in [0.4, 0.5) is 15.1 Å². The maximum atomic E-state index is 13.8. The number of piperidine rings is 3. The van der Waals surface area contributed by atoms with Crippen molar-refractivity contribution in [1.29, 1.82) is 0 Å². The minimum Gasteiger partial charge on any atom is -0.446 e. The van der Waals surface area contributed by atoms with Gasteiger partial charge in [-0.1, -0.05) is 67.1 Å². The van der Waals surface area contributed by atoms with Gasteiger partial charge in [-0.2, -0.15) is 5.10 Å². The van der Waals surface area contributed by atoms with Crippen LogP contribution in [-0.4, -0.2) is 86.3 Å². The molecule has 1 aliphatic carbocycles. The molecule has 5 aromatic rings. The van der Waals surface area contributed by atoms with E-state index in [1.165, 1.54) is 24.8 Å². The number of halogens is 1. The number of hydrogen-bond acceptors (Lipinski definition) is 9. The Hall–Kier alpha value is -5.69. The summed E-state index contributed by atoms with van der Waals surface area (Å²) < 4.78 is 21.5. The number of amides is 3. The molecule has 13 heteroatoms. The molecule has 1 saturated carbocycles. The van der Waals surface area contributed by atoms with Crippen molar-refractivity contribution in [3.8, 4) is 22.4 Å². The van der Waals surface area contributed by atoms with Crippen molar-refractivity contribution < 1.29 is 23.5 Å². The van der Waals surface area contributed by atoms with Crippen molar-refractivity contribution in [3.05, 3.63) is 96.1 Å². The van der Waals surface area contributed by atoms with Crippen LogP contribution < -0.4 is 11.1 Å². The number of nitrogen functional groups attached to an aromatic ring is 1. The van der Waals surface area contributed by atoms with E-state index in [1.807, 2.05) is 65.2 Å². The van der Waals surface area contributed by atoms with Crippen LogP contribution >= 0.6 is 0 Å². The molecular weight excluding hydrogens is 760 g/mol. The highest BCUT2D eigenvalue weighted by molar-refractivity contribution is 6.02. The topological polar surface area (TPSA) is 149 Å². The Bertz CT molecular complexity index is 2300. The number of benzene rings is 3. The van der Waals surface area contributed by atoms with Crippen LogP contribution in [-0.2, 0) is 21.4 Å². The maximum Gasteiger partial charge on any atom is 0.410 e. The van der Waals surface area contributed by atoms with E-state index in [1.54, 1.807) is 6.07 Å². The average molecular weight is 815 g/mol. The van der Waals surface area contributed by atoms with Crippen LogP contribution in [0.25, 0.3) is 33.3 Å². The number of ether oxygens (including phenoxy) is 1. The van der Waals surface area contributed by atoms with Crippen molar-refractivity contribution in [2.75, 3.05) is 38.5 Å². The number of aryl methyl sites for hydroxylation is 1. The summed E-state index contributed by atoms with van der Waals surface area (Å²) in [5.74, 6) is -0.0634. The van der Waals surface area contributed by atoms with E-state index < -0.39 is 5.82 Å². The summed E-state index contributed by atoms with van der Waals surface area (Å²) in [6.07, 6.45) is 12.1. The lowest BCUT2D eigenvalue weighted by Gasteiger charge is -2.38. The van der Waals surface area contributed by atoms with E-state index in [4.69, 9.17) is 15.6 Å². The number of aromatic nitrogens is 4. The molecule has 4 fully saturated rings. The number of nitrogens with zero attached hydrogens (tertiary/aromatic N) is 6. The highest BCUT2D eigenvalue weighted by Gasteiger charge is 2.33. The van der Waals surface area contributed by atoms with E-state index in [9.17, 15) is 18.8 Å². The maximum absolute atomic E-state index is 13.8. The van der Waals surface area contributed by atoms with Gasteiger partial charge in [0.25, 0.3) is 0 Å². The summed E-state index contributed by atoms with van der Waals surface area (Å²) in [4.78, 5) is 48.8. The zero-order chi connectivity index (χ0) is 41.6. The minimum absolute atomic E-state index is 0.0616. The number of imide groups is 1. The van der Waals surface area contributed by atoms with Gasteiger partial charge in [-0.15, -0.1) is 0 Å². The van der Waals surface area contributed by atoms with Gasteiger partial charge >= 0.3 is 6.09 Å². The Morgan fingerprint density at radius 3 is 2.33 bits per heavy atom. The smallest absolute Gasteiger partial charge is 0.410 e. The van der Waals surface area contributed by atoms with Gasteiger partial charge < -0.3 is 20.3 Å². The molecule has 4 aliphatic rings. The third-order valence-corrected chi connectivity index (χ3v) is 12.7. The van der Waals surface area contributed by atoms with Gasteiger partial charge in [-0.05, 0) is 112 Å². The SMILES string of the molecule is Cn1nc(C2CCC(=O)NC2=O)c2ccc(C3CCN(CC4CCN(C(=O)OC5CCCCC5)CC4)CC3)cc21.Nc1ncc(F)c(-c2cccc(-c3ccccc3)c2)n1. The molecule has 3 aromatic carbocycles. The fourth-order valence-corrected chi connectivity index (χ4v) is 9.34. The number of nitrogens with one attached hydrogen (secondary N) is 1. The number of rotatable bonds is 7. The van der Waals surface area contributed by atoms with E-state index in [0.29, 0.717) is 30.2 Å². The van der Waals surface area contributed by atoms with Crippen LogP contribution in [0, 0.1) is 11.7 Å². The normalized spacial score (nSPS) is 19.8. The Labute approximate surface area is 350 Å². The molecule has 0 radical (unpaired) electrons. The lowest BCUT2D eigenvalue weighted by Crippen LogP contribution is -2.44. The van der Waals surface area contributed by atoms with Crippen molar-refractivity contribution in [1.82, 2.24) is 34.9 Å². The van der Waals surface area contributed by atoms with Crippen LogP contribution in [0.1, 0.15) is 93.7 Å². The van der Waals surface area contributed by atoms with Gasteiger partial charge in [-0.25, -0.2) is 19.2 Å². The summed E-state index contributed by atoms with van der Waals surface area (Å²) in [6, 6.07) is 24.0. The number of anilines is 1. The molecule has 2 aromatic heterocycles. The van der Waals surface area contributed by atoms with Crippen molar-refractivity contribution in [2.24, 2.45) is 13.0 Å². The first-order chi connectivity index (χ1) is 29.2. The Morgan fingerprint density at radius 1 is 0.850 bits per heavy atom. The molecule has 1 atom stereocenters. The first-order valence-corrected chi connectivity index (χ1v) is 21.6. The van der Waals surface area contributed by atoms with Crippen molar-refractivity contribution in [2.45, 2.75) is 88.6 Å². The molecule has 9 rings (SSSR count). The summed E-state index contributed by atoms with van der Waals surface area (Å²) in [6.45, 7) is 4.95. The molecular formula is C47H55FN8O4. The fraction of sp³-hybridized carbons (Fsp3) is 0.447. The number of carbonyl (C=O) groups is 3. The molecule has 0 spiro atoms. The van der Waals surface area contributed by atoms with Gasteiger partial charge in [0.1, 0.15) is 11.8 Å². The highest BCUT2D eigenvalue weighted by Crippen LogP contribution is 2.35. The van der Waals surface area contributed by atoms with E-state index in [-0.39, 0.29) is 41.6 Å². The zero-order valence-corrected chi connectivity index (χ0v) is 34.4. The van der Waals surface area contributed by atoms with E-state index in [2.05, 4.69) is 38.4 Å². The number of likely N-dealkylation sites (tertiary alicyclic amines) is 2. The molecule has 3 saturated heterocycles. The molecule has 3 aliphatic heterocycles. The quantitative estimate of drug-likeness (QED) is 0.156. The molecule has 12 nitrogen and oxygen atoms in total. The van der Waals surface area contributed by atoms with Crippen molar-refractivity contribution in [3.63, 3.8) is 0 Å². The summed E-state index contributed by atoms with van der Waals surface area (Å²) in [7, 11) is 1.94. The average Bonchev–Trinajstić information content (AvgIpc) is 3.60. The summed E-state index contributed by atoms with van der Waals surface area (Å²) >= 11 is 0. The first-order valence-electron chi connectivity index (χ1n) is 21.6. The van der Waals surface area contributed by atoms with Gasteiger partial charge in [0.2, 0.25) is 17.8 Å². The molecule has 314 valence electrons. The number of carbonyl (C=O) groups excluding carboxylic acids is 3. The molecule has 3 N–H and O–H groups in total. The van der Waals surface area contributed by atoms with Crippen LogP contribution in [0.15, 0.2) is 79.0 Å². The second kappa shape index (κ2) is 18.7. The second-order valence-electron chi connectivity index (χ2n) is 16.8. The van der Waals surface area contributed by atoms with Gasteiger partial charge in [0.15, 0.2) is 5.82 Å². The lowest BCUT2D eigenvalue weighted by molar-refractivity contribution is -0.134. The standard InChI is InChI=1S/C31H43N5O4.C16H12FN3/c1-34-27-19-23(7-8-25(27)29(33-34)26-9-10-28(37)32-30(26)38)22-13-15-35(16-14-22)20-21-11-17-36(18-12-21)31(39)40-24-5-3-2-4-6-24;17-14-10-19-16(18)20-15(14)13-8-4-7-12(9-13)11-5-2-1-3-6-11/h7-8,19,21-22,24,26H,2-6,9-18,20H2,1H3,(H,32,37,38);1-10H,(H2,18,19,20). The van der Waals surface area contributed by atoms with Crippen LogP contribution in [0.5, 0.6) is 0 Å². The fourth-order valence-electron chi connectivity index (χ4n) is 9.34. The lowest BCUT2D eigenvalue weighted by atomic mass is 9.87. The molecule has 0 bridgehead atoms. The molecule has 3 amide bonds. The summed E-state index contributed by atoms with van der Waals surface area (Å²) in [5.41, 5.74) is 11.7. The van der Waals surface area contributed by atoms with E-state index >= 15 is 0 Å². The third-order valence-electron chi connectivity index (χ3n) is 12.7. The molecule has 60 heavy (non-hydrogen) atoms. The van der Waals surface area contributed by atoms with Crippen LogP contribution in [0.3, 0.4) is 0 Å². The Morgan fingerprint density at radius 2 is 1.58 bits per heavy atom. The number of hydrogen-bond donors (Lipinski definition) is 2. The molecule has 5 heterocycles. The van der Waals surface area contributed by atoms with Crippen LogP contribution in [0.2, 0.25) is 0 Å². The predicted molar refractivity (Wildman–Crippen MR) is 229 cm³/mol. The van der Waals surface area contributed by atoms with Gasteiger partial charge in [-0.3, -0.25) is 19.6 Å². The monoisotopic (exact) mass is 814 g/mol. The number of fused-ring (bicyclic) bond motifs is 1. The Balaban J connectivity index is 0.000000208. The molecule has 1 unspecified atom stereocenters. The zero-order valence-electron chi connectivity index (χ0n) is 34.4. The Kier molecular flexibility index (Phi) is 12.8. The minimum atomic E-state index is -0.482. The largest absolute Gasteiger partial charge is 0.446 e. The highest BCUT2D eigenvalue weighted by atomic mass is 19.1. The second-order valence-corrected chi connectivity index (χ2v) is 16.8. The first kappa shape index (κ1) is 41.1. The van der Waals surface area contributed by atoms with Gasteiger partial charge in [0, 0.05) is 44.1 Å².